The molecule has 0 aliphatic carbocycles. The van der Waals surface area contributed by atoms with Crippen LogP contribution in [0, 0.1) is 18.3 Å². The summed E-state index contributed by atoms with van der Waals surface area (Å²) in [6.07, 6.45) is 0. The minimum Gasteiger partial charge on any atom is -0.484 e. The predicted octanol–water partition coefficient (Wildman–Crippen LogP) is 3.44. The zero-order valence-electron chi connectivity index (χ0n) is 15.3. The smallest absolute Gasteiger partial charge is 0.260 e. The van der Waals surface area contributed by atoms with Gasteiger partial charge < -0.3 is 9.64 Å². The largest absolute Gasteiger partial charge is 0.484 e. The van der Waals surface area contributed by atoms with Gasteiger partial charge >= 0.3 is 0 Å². The fraction of sp³-hybridized carbons (Fsp3) is 0.333. The van der Waals surface area contributed by atoms with E-state index in [1.165, 1.54) is 0 Å². The summed E-state index contributed by atoms with van der Waals surface area (Å²) in [6, 6.07) is 17.0. The maximum absolute atomic E-state index is 12.4. The number of amides is 1. The normalized spacial score (nSPS) is 15.8. The summed E-state index contributed by atoms with van der Waals surface area (Å²) in [5.41, 5.74) is 2.03. The summed E-state index contributed by atoms with van der Waals surface area (Å²) >= 11 is 6.05. The van der Waals surface area contributed by atoms with Gasteiger partial charge in [-0.1, -0.05) is 41.4 Å². The lowest BCUT2D eigenvalue weighted by Gasteiger charge is -2.37. The molecule has 1 amide bonds. The first-order valence-corrected chi connectivity index (χ1v) is 9.31. The Bertz CT molecular complexity index is 824. The zero-order chi connectivity index (χ0) is 19.2. The molecule has 1 unspecified atom stereocenters. The highest BCUT2D eigenvalue weighted by Gasteiger charge is 2.27. The van der Waals surface area contributed by atoms with Crippen LogP contribution < -0.4 is 4.74 Å². The molecule has 140 valence electrons. The van der Waals surface area contributed by atoms with Crippen molar-refractivity contribution in [3.8, 4) is 11.8 Å². The van der Waals surface area contributed by atoms with E-state index in [-0.39, 0.29) is 18.6 Å². The molecule has 6 heteroatoms. The molecule has 0 spiro atoms. The molecule has 0 bridgehead atoms. The second kappa shape index (κ2) is 8.90. The zero-order valence-corrected chi connectivity index (χ0v) is 16.0. The second-order valence-electron chi connectivity index (χ2n) is 6.61. The topological polar surface area (TPSA) is 56.6 Å². The summed E-state index contributed by atoms with van der Waals surface area (Å²) in [6.45, 7) is 4.47. The number of halogens is 1. The first-order chi connectivity index (χ1) is 13.1. The van der Waals surface area contributed by atoms with E-state index in [0.29, 0.717) is 37.0 Å². The van der Waals surface area contributed by atoms with Crippen LogP contribution >= 0.6 is 11.6 Å². The number of piperazine rings is 1. The molecule has 0 radical (unpaired) electrons. The Morgan fingerprint density at radius 3 is 2.52 bits per heavy atom. The number of nitriles is 1. The molecule has 5 nitrogen and oxygen atoms in total. The molecular weight excluding hydrogens is 362 g/mol. The number of ether oxygens (including phenoxy) is 1. The third kappa shape index (κ3) is 5.00. The Morgan fingerprint density at radius 2 is 1.89 bits per heavy atom. The van der Waals surface area contributed by atoms with Crippen LogP contribution in [0.3, 0.4) is 0 Å². The van der Waals surface area contributed by atoms with E-state index < -0.39 is 0 Å². The minimum absolute atomic E-state index is 0.0268. The Kier molecular flexibility index (Phi) is 6.33. The number of hydrogen-bond donors (Lipinski definition) is 0. The lowest BCUT2D eigenvalue weighted by molar-refractivity contribution is -0.135. The van der Waals surface area contributed by atoms with Crippen LogP contribution in [0.25, 0.3) is 0 Å². The van der Waals surface area contributed by atoms with E-state index in [1.54, 1.807) is 11.0 Å². The highest BCUT2D eigenvalue weighted by atomic mass is 35.5. The fourth-order valence-corrected chi connectivity index (χ4v) is 3.34. The summed E-state index contributed by atoms with van der Waals surface area (Å²) in [4.78, 5) is 16.3. The Hall–Kier alpha value is -2.55. The maximum Gasteiger partial charge on any atom is 0.260 e. The van der Waals surface area contributed by atoms with Gasteiger partial charge in [-0.25, -0.2) is 0 Å². The molecule has 3 rings (SSSR count). The molecular formula is C21H22ClN3O2. The predicted molar refractivity (Wildman–Crippen MR) is 105 cm³/mol. The van der Waals surface area contributed by atoms with E-state index in [1.807, 2.05) is 49.4 Å². The number of hydrogen-bond acceptors (Lipinski definition) is 4. The molecule has 2 aromatic rings. The highest BCUT2D eigenvalue weighted by molar-refractivity contribution is 6.30. The van der Waals surface area contributed by atoms with Crippen molar-refractivity contribution in [3.63, 3.8) is 0 Å². The molecule has 1 aliphatic heterocycles. The molecule has 0 aromatic heterocycles. The van der Waals surface area contributed by atoms with Crippen molar-refractivity contribution in [2.75, 3.05) is 32.8 Å². The number of nitrogens with zero attached hydrogens (tertiary/aromatic N) is 3. The standard InChI is InChI=1S/C21H22ClN3O2/c1-16-5-7-19(8-6-16)27-15-21(26)25-11-9-24(10-12-25)20(14-23)17-3-2-4-18(22)13-17/h2-8,13,20H,9-12,15H2,1H3. The highest BCUT2D eigenvalue weighted by Crippen LogP contribution is 2.24. The van der Waals surface area contributed by atoms with Crippen molar-refractivity contribution in [1.82, 2.24) is 9.80 Å². The van der Waals surface area contributed by atoms with Gasteiger partial charge in [-0.15, -0.1) is 0 Å². The van der Waals surface area contributed by atoms with Gasteiger partial charge in [0.05, 0.1) is 6.07 Å². The van der Waals surface area contributed by atoms with Gasteiger partial charge in [-0.05, 0) is 36.8 Å². The monoisotopic (exact) mass is 383 g/mol. The first kappa shape index (κ1) is 19.2. The number of carbonyl (C=O) groups excluding carboxylic acids is 1. The Morgan fingerprint density at radius 1 is 1.19 bits per heavy atom. The van der Waals surface area contributed by atoms with Gasteiger partial charge in [0.2, 0.25) is 0 Å². The van der Waals surface area contributed by atoms with E-state index in [4.69, 9.17) is 16.3 Å². The molecule has 0 saturated carbocycles. The van der Waals surface area contributed by atoms with E-state index >= 15 is 0 Å². The molecule has 1 aliphatic rings. The van der Waals surface area contributed by atoms with Gasteiger partial charge in [0.25, 0.3) is 5.91 Å². The van der Waals surface area contributed by atoms with Crippen molar-refractivity contribution in [2.24, 2.45) is 0 Å². The van der Waals surface area contributed by atoms with Gasteiger partial charge in [-0.2, -0.15) is 5.26 Å². The summed E-state index contributed by atoms with van der Waals surface area (Å²) in [5.74, 6) is 0.657. The van der Waals surface area contributed by atoms with Crippen LogP contribution in [0.4, 0.5) is 0 Å². The summed E-state index contributed by atoms with van der Waals surface area (Å²) in [5, 5.41) is 10.2. The number of benzene rings is 2. The molecule has 1 atom stereocenters. The van der Waals surface area contributed by atoms with E-state index in [2.05, 4.69) is 11.0 Å². The quantitative estimate of drug-likeness (QED) is 0.793. The first-order valence-electron chi connectivity index (χ1n) is 8.93. The van der Waals surface area contributed by atoms with Gasteiger partial charge in [-0.3, -0.25) is 9.69 Å². The molecule has 1 heterocycles. The lowest BCUT2D eigenvalue weighted by Crippen LogP contribution is -2.50. The SMILES string of the molecule is Cc1ccc(OCC(=O)N2CCN(C(C#N)c3cccc(Cl)c3)CC2)cc1. The van der Waals surface area contributed by atoms with Gasteiger partial charge in [0.1, 0.15) is 11.8 Å². The van der Waals surface area contributed by atoms with Gasteiger partial charge in [0.15, 0.2) is 6.61 Å². The minimum atomic E-state index is -0.357. The number of carbonyl (C=O) groups is 1. The molecule has 0 N–H and O–H groups in total. The van der Waals surface area contributed by atoms with Crippen LogP contribution in [0.15, 0.2) is 48.5 Å². The number of rotatable bonds is 5. The average Bonchev–Trinajstić information content (AvgIpc) is 2.68. The number of aryl methyl sites for hydroxylation is 1. The summed E-state index contributed by atoms with van der Waals surface area (Å²) < 4.78 is 5.58. The molecule has 1 fully saturated rings. The van der Waals surface area contributed by atoms with E-state index in [9.17, 15) is 10.1 Å². The third-order valence-corrected chi connectivity index (χ3v) is 4.94. The van der Waals surface area contributed by atoms with Crippen LogP contribution in [-0.4, -0.2) is 48.5 Å². The van der Waals surface area contributed by atoms with Crippen molar-refractivity contribution in [2.45, 2.75) is 13.0 Å². The van der Waals surface area contributed by atoms with Crippen LogP contribution in [0.5, 0.6) is 5.75 Å². The van der Waals surface area contributed by atoms with Crippen molar-refractivity contribution < 1.29 is 9.53 Å². The van der Waals surface area contributed by atoms with Crippen LogP contribution in [-0.2, 0) is 4.79 Å². The van der Waals surface area contributed by atoms with Crippen LogP contribution in [0.2, 0.25) is 5.02 Å². The average molecular weight is 384 g/mol. The second-order valence-corrected chi connectivity index (χ2v) is 7.04. The van der Waals surface area contributed by atoms with Crippen LogP contribution in [0.1, 0.15) is 17.2 Å². The van der Waals surface area contributed by atoms with Crippen molar-refractivity contribution in [1.29, 1.82) is 5.26 Å². The van der Waals surface area contributed by atoms with Crippen molar-refractivity contribution >= 4 is 17.5 Å². The molecule has 27 heavy (non-hydrogen) atoms. The fourth-order valence-electron chi connectivity index (χ4n) is 3.14. The van der Waals surface area contributed by atoms with E-state index in [0.717, 1.165) is 11.1 Å². The third-order valence-electron chi connectivity index (χ3n) is 4.70. The lowest BCUT2D eigenvalue weighted by atomic mass is 10.1. The molecule has 1 saturated heterocycles. The Labute approximate surface area is 164 Å². The van der Waals surface area contributed by atoms with Crippen molar-refractivity contribution in [3.05, 3.63) is 64.7 Å². The maximum atomic E-state index is 12.4. The summed E-state index contributed by atoms with van der Waals surface area (Å²) in [7, 11) is 0. The van der Waals surface area contributed by atoms with Gasteiger partial charge in [0, 0.05) is 31.2 Å². The Balaban J connectivity index is 1.52. The molecule has 2 aromatic carbocycles.